The Bertz CT molecular complexity index is 318. The zero-order valence-electron chi connectivity index (χ0n) is 12.8. The van der Waals surface area contributed by atoms with Crippen molar-refractivity contribution >= 4 is 58.3 Å². The van der Waals surface area contributed by atoms with Gasteiger partial charge in [0.25, 0.3) is 0 Å². The Balaban J connectivity index is 3.83. The minimum Gasteiger partial charge on any atom is -0.355 e. The van der Waals surface area contributed by atoms with Crippen molar-refractivity contribution < 1.29 is 0 Å². The molecule has 0 atom stereocenters. The van der Waals surface area contributed by atoms with Crippen LogP contribution in [0.15, 0.2) is 0 Å². The molecule has 0 saturated heterocycles. The predicted octanol–water partition coefficient (Wildman–Crippen LogP) is -0.884. The van der Waals surface area contributed by atoms with Crippen molar-refractivity contribution in [1.82, 2.24) is 20.4 Å². The molecule has 6 nitrogen and oxygen atoms in total. The number of hydrogen-bond donors (Lipinski definition) is 6. The fourth-order valence-electron chi connectivity index (χ4n) is 1.76. The van der Waals surface area contributed by atoms with Gasteiger partial charge in [-0.25, -0.2) is 0 Å². The van der Waals surface area contributed by atoms with Crippen molar-refractivity contribution in [2.45, 2.75) is 0 Å². The fourth-order valence-corrected chi connectivity index (χ4v) is 2.52. The van der Waals surface area contributed by atoms with Crippen LogP contribution in [0.25, 0.3) is 0 Å². The predicted molar refractivity (Wildman–Crippen MR) is 110 cm³/mol. The van der Waals surface area contributed by atoms with Gasteiger partial charge in [0.05, 0.1) is 0 Å². The molecule has 0 spiro atoms. The van der Waals surface area contributed by atoms with Crippen molar-refractivity contribution in [3.63, 3.8) is 0 Å². The Kier molecular flexibility index (Phi) is 15.1. The Morgan fingerprint density at radius 2 is 1.14 bits per heavy atom. The smallest absolute Gasteiger partial charge is 0.133 e. The van der Waals surface area contributed by atoms with Gasteiger partial charge in [0.1, 0.15) is 8.64 Å². The molecule has 0 aliphatic carbocycles. The maximum Gasteiger partial charge on any atom is 0.133 e. The summed E-state index contributed by atoms with van der Waals surface area (Å²) in [6.45, 7) is 7.66. The maximum atomic E-state index is 5.54. The van der Waals surface area contributed by atoms with Gasteiger partial charge >= 0.3 is 0 Å². The normalized spacial score (nSPS) is 10.5. The first-order valence-corrected chi connectivity index (χ1v) is 9.01. The minimum atomic E-state index is 0.568. The van der Waals surface area contributed by atoms with Crippen molar-refractivity contribution in [2.75, 3.05) is 65.4 Å². The molecule has 0 radical (unpaired) electrons. The van der Waals surface area contributed by atoms with Gasteiger partial charge in [0.15, 0.2) is 0 Å². The molecule has 0 aromatic heterocycles. The second-order valence-corrected chi connectivity index (χ2v) is 6.84. The van der Waals surface area contributed by atoms with E-state index in [1.54, 1.807) is 0 Å². The maximum absolute atomic E-state index is 5.54. The molecular formula is C12H28N6S4. The van der Waals surface area contributed by atoms with Crippen molar-refractivity contribution in [1.29, 1.82) is 0 Å². The van der Waals surface area contributed by atoms with Crippen LogP contribution in [0.1, 0.15) is 0 Å². The number of nitrogens with two attached hydrogens (primary N) is 2. The number of thiol groups is 2. The second-order valence-electron chi connectivity index (χ2n) is 4.62. The Hall–Kier alpha value is 0.320. The molecule has 0 aromatic carbocycles. The summed E-state index contributed by atoms with van der Waals surface area (Å²) in [5, 5.41) is 6.61. The molecule has 0 fully saturated rings. The van der Waals surface area contributed by atoms with Crippen LogP contribution in [0.2, 0.25) is 0 Å². The van der Waals surface area contributed by atoms with Crippen molar-refractivity contribution in [2.24, 2.45) is 11.5 Å². The molecule has 22 heavy (non-hydrogen) atoms. The van der Waals surface area contributed by atoms with E-state index in [1.165, 1.54) is 0 Å². The average molecular weight is 385 g/mol. The largest absolute Gasteiger partial charge is 0.355 e. The third-order valence-electron chi connectivity index (χ3n) is 2.94. The number of rotatable bonds is 13. The molecule has 0 saturated carbocycles. The van der Waals surface area contributed by atoms with Crippen LogP contribution < -0.4 is 22.1 Å². The lowest BCUT2D eigenvalue weighted by molar-refractivity contribution is 0.396. The summed E-state index contributed by atoms with van der Waals surface area (Å²) < 4.78 is 1.19. The number of nitrogens with zero attached hydrogens (tertiary/aromatic N) is 2. The van der Waals surface area contributed by atoms with Crippen LogP contribution in [0, 0.1) is 0 Å². The van der Waals surface area contributed by atoms with Gasteiger partial charge < -0.3 is 31.9 Å². The van der Waals surface area contributed by atoms with E-state index in [9.17, 15) is 0 Å². The standard InChI is InChI=1S/C12H28N6S4/c13-1-3-15-4-9-18(12(21)22)10-6-16-5-8-17(7-2-14)11(19)20/h15-16H,1-10,13-14H2,(H,19,20)(H,21,22). The number of thiocarbonyl (C=S) groups is 2. The van der Waals surface area contributed by atoms with Gasteiger partial charge in [0, 0.05) is 65.4 Å². The van der Waals surface area contributed by atoms with Gasteiger partial charge in [-0.3, -0.25) is 0 Å². The Morgan fingerprint density at radius 3 is 1.50 bits per heavy atom. The molecule has 0 unspecified atom stereocenters. The van der Waals surface area contributed by atoms with Gasteiger partial charge in [0.2, 0.25) is 0 Å². The fraction of sp³-hybridized carbons (Fsp3) is 0.833. The lowest BCUT2D eigenvalue weighted by Gasteiger charge is -2.24. The van der Waals surface area contributed by atoms with Gasteiger partial charge in [-0.05, 0) is 0 Å². The highest BCUT2D eigenvalue weighted by Gasteiger charge is 2.06. The van der Waals surface area contributed by atoms with E-state index in [0.717, 1.165) is 52.4 Å². The highest BCUT2D eigenvalue weighted by molar-refractivity contribution is 8.11. The van der Waals surface area contributed by atoms with Gasteiger partial charge in [-0.1, -0.05) is 24.4 Å². The lowest BCUT2D eigenvalue weighted by atomic mass is 10.4. The van der Waals surface area contributed by atoms with E-state index in [4.69, 9.17) is 35.9 Å². The van der Waals surface area contributed by atoms with E-state index in [0.29, 0.717) is 21.7 Å². The molecule has 0 bridgehead atoms. The van der Waals surface area contributed by atoms with Gasteiger partial charge in [-0.15, -0.1) is 25.3 Å². The molecule has 0 aliphatic rings. The minimum absolute atomic E-state index is 0.568. The number of hydrogen-bond acceptors (Lipinski definition) is 6. The summed E-state index contributed by atoms with van der Waals surface area (Å²) in [5.41, 5.74) is 11.0. The first kappa shape index (κ1) is 22.3. The van der Waals surface area contributed by atoms with E-state index in [2.05, 4.69) is 40.8 Å². The van der Waals surface area contributed by atoms with Crippen LogP contribution in [0.5, 0.6) is 0 Å². The summed E-state index contributed by atoms with van der Waals surface area (Å²) in [6, 6.07) is 0. The van der Waals surface area contributed by atoms with E-state index >= 15 is 0 Å². The summed E-state index contributed by atoms with van der Waals surface area (Å²) in [4.78, 5) is 4.03. The Morgan fingerprint density at radius 1 is 0.727 bits per heavy atom. The highest BCUT2D eigenvalue weighted by Crippen LogP contribution is 1.96. The average Bonchev–Trinajstić information content (AvgIpc) is 2.47. The molecule has 0 rings (SSSR count). The highest BCUT2D eigenvalue weighted by atomic mass is 32.1. The first-order valence-electron chi connectivity index (χ1n) is 7.30. The van der Waals surface area contributed by atoms with Crippen LogP contribution in [-0.4, -0.2) is 83.9 Å². The zero-order valence-corrected chi connectivity index (χ0v) is 16.3. The zero-order chi connectivity index (χ0) is 16.8. The Labute approximate surface area is 155 Å². The summed E-state index contributed by atoms with van der Waals surface area (Å²) >= 11 is 18.7. The molecule has 10 heteroatoms. The molecule has 0 heterocycles. The van der Waals surface area contributed by atoms with Crippen molar-refractivity contribution in [3.8, 4) is 0 Å². The van der Waals surface area contributed by atoms with Crippen molar-refractivity contribution in [3.05, 3.63) is 0 Å². The van der Waals surface area contributed by atoms with Crippen LogP contribution in [-0.2, 0) is 0 Å². The molecular weight excluding hydrogens is 356 g/mol. The molecule has 6 N–H and O–H groups in total. The topological polar surface area (TPSA) is 82.6 Å². The summed E-state index contributed by atoms with van der Waals surface area (Å²) in [6.07, 6.45) is 0. The molecule has 0 aromatic rings. The molecule has 0 amide bonds. The third-order valence-corrected chi connectivity index (χ3v) is 4.02. The lowest BCUT2D eigenvalue weighted by Crippen LogP contribution is -2.41. The molecule has 130 valence electrons. The first-order chi connectivity index (χ1) is 10.5. The van der Waals surface area contributed by atoms with Crippen LogP contribution >= 0.6 is 49.7 Å². The van der Waals surface area contributed by atoms with E-state index in [-0.39, 0.29) is 0 Å². The quantitative estimate of drug-likeness (QED) is 0.139. The number of nitrogens with one attached hydrogen (secondary N) is 2. The van der Waals surface area contributed by atoms with E-state index < -0.39 is 0 Å². The second kappa shape index (κ2) is 14.9. The molecule has 0 aliphatic heterocycles. The van der Waals surface area contributed by atoms with Crippen LogP contribution in [0.3, 0.4) is 0 Å². The van der Waals surface area contributed by atoms with Crippen LogP contribution in [0.4, 0.5) is 0 Å². The monoisotopic (exact) mass is 384 g/mol. The SMILES string of the molecule is NCCNCCN(CCNCCN(CCN)C(=S)S)C(=S)S. The summed E-state index contributed by atoms with van der Waals surface area (Å²) in [5.74, 6) is 0. The third kappa shape index (κ3) is 11.8. The summed E-state index contributed by atoms with van der Waals surface area (Å²) in [7, 11) is 0. The van der Waals surface area contributed by atoms with Gasteiger partial charge in [-0.2, -0.15) is 0 Å². The van der Waals surface area contributed by atoms with E-state index in [1.807, 2.05) is 4.90 Å².